The molecule has 0 fully saturated rings. The maximum absolute atomic E-state index is 12.3. The molecule has 12 heteroatoms. The molecule has 0 spiro atoms. The highest BCUT2D eigenvalue weighted by Crippen LogP contribution is 2.28. The van der Waals surface area contributed by atoms with Crippen LogP contribution in [0.1, 0.15) is 5.56 Å². The van der Waals surface area contributed by atoms with Gasteiger partial charge in [-0.1, -0.05) is 0 Å². The lowest BCUT2D eigenvalue weighted by atomic mass is 10.3. The number of benzene rings is 1. The predicted octanol–water partition coefficient (Wildman–Crippen LogP) is 0.917. The Bertz CT molecular complexity index is 981. The van der Waals surface area contributed by atoms with E-state index in [4.69, 9.17) is 4.42 Å². The first kappa shape index (κ1) is 19.1. The van der Waals surface area contributed by atoms with Crippen LogP contribution in [0, 0.1) is 10.1 Å². The molecule has 25 heavy (non-hydrogen) atoms. The monoisotopic (exact) mass is 389 g/mol. The molecule has 0 amide bonds. The number of nitro benzene ring substituents is 1. The molecule has 1 aromatic heterocycles. The fourth-order valence-corrected chi connectivity index (χ4v) is 3.98. The van der Waals surface area contributed by atoms with Crippen molar-refractivity contribution in [3.8, 4) is 0 Å². The number of nitrogens with zero attached hydrogens (tertiary/aromatic N) is 2. The molecule has 1 heterocycles. The van der Waals surface area contributed by atoms with Gasteiger partial charge in [0.05, 0.1) is 22.3 Å². The zero-order valence-electron chi connectivity index (χ0n) is 13.2. The van der Waals surface area contributed by atoms with Crippen LogP contribution < -0.4 is 4.72 Å². The lowest BCUT2D eigenvalue weighted by Crippen LogP contribution is -2.25. The van der Waals surface area contributed by atoms with Gasteiger partial charge >= 0.3 is 0 Å². The summed E-state index contributed by atoms with van der Waals surface area (Å²) in [5.74, 6) is 0. The van der Waals surface area contributed by atoms with Gasteiger partial charge in [0.25, 0.3) is 5.69 Å². The lowest BCUT2D eigenvalue weighted by Gasteiger charge is -2.12. The van der Waals surface area contributed by atoms with E-state index < -0.39 is 35.6 Å². The topological polar surface area (TPSA) is 140 Å². The first-order valence-corrected chi connectivity index (χ1v) is 9.70. The summed E-state index contributed by atoms with van der Waals surface area (Å²) in [6.07, 6.45) is 2.68. The number of furan rings is 1. The number of rotatable bonds is 7. The Balaban J connectivity index is 2.45. The van der Waals surface area contributed by atoms with Crippen molar-refractivity contribution in [2.75, 3.05) is 14.1 Å². The Morgan fingerprint density at radius 3 is 2.40 bits per heavy atom. The second-order valence-electron chi connectivity index (χ2n) is 5.13. The van der Waals surface area contributed by atoms with Gasteiger partial charge in [-0.15, -0.1) is 0 Å². The van der Waals surface area contributed by atoms with Crippen LogP contribution in [0.3, 0.4) is 0 Å². The summed E-state index contributed by atoms with van der Waals surface area (Å²) in [5, 5.41) is 11.2. The summed E-state index contributed by atoms with van der Waals surface area (Å²) in [6.45, 7) is -0.131. The molecule has 0 atom stereocenters. The molecule has 0 saturated carbocycles. The summed E-state index contributed by atoms with van der Waals surface area (Å²) in [5.41, 5.74) is -0.305. The maximum Gasteiger partial charge on any atom is 0.290 e. The summed E-state index contributed by atoms with van der Waals surface area (Å²) < 4.78 is 56.7. The maximum atomic E-state index is 12.3. The van der Waals surface area contributed by atoms with Crippen molar-refractivity contribution in [3.63, 3.8) is 0 Å². The summed E-state index contributed by atoms with van der Waals surface area (Å²) >= 11 is 0. The average molecular weight is 389 g/mol. The number of hydrogen-bond donors (Lipinski definition) is 1. The first-order chi connectivity index (χ1) is 11.6. The van der Waals surface area contributed by atoms with Crippen molar-refractivity contribution in [2.45, 2.75) is 16.3 Å². The fraction of sp³-hybridized carbons (Fsp3) is 0.231. The fourth-order valence-electron chi connectivity index (χ4n) is 1.89. The van der Waals surface area contributed by atoms with E-state index in [0.29, 0.717) is 5.56 Å². The summed E-state index contributed by atoms with van der Waals surface area (Å²) in [7, 11) is -5.65. The van der Waals surface area contributed by atoms with Crippen molar-refractivity contribution in [2.24, 2.45) is 0 Å². The van der Waals surface area contributed by atoms with Crippen LogP contribution in [0.2, 0.25) is 0 Å². The van der Waals surface area contributed by atoms with Crippen molar-refractivity contribution in [1.29, 1.82) is 0 Å². The van der Waals surface area contributed by atoms with Crippen LogP contribution in [-0.2, 0) is 26.6 Å². The van der Waals surface area contributed by atoms with Gasteiger partial charge < -0.3 is 4.42 Å². The van der Waals surface area contributed by atoms with Crippen LogP contribution in [0.5, 0.6) is 0 Å². The van der Waals surface area contributed by atoms with Gasteiger partial charge in [-0.3, -0.25) is 10.1 Å². The molecule has 2 rings (SSSR count). The predicted molar refractivity (Wildman–Crippen MR) is 86.7 cm³/mol. The third-order valence-corrected chi connectivity index (χ3v) is 6.50. The molecule has 2 aromatic rings. The van der Waals surface area contributed by atoms with E-state index in [2.05, 4.69) is 4.72 Å². The summed E-state index contributed by atoms with van der Waals surface area (Å²) in [6, 6.07) is 4.16. The van der Waals surface area contributed by atoms with E-state index >= 15 is 0 Å². The van der Waals surface area contributed by atoms with Crippen LogP contribution in [0.25, 0.3) is 0 Å². The standard InChI is InChI=1S/C13H15N3O7S2/c1-15(2)25(21,22)11-3-4-13(12(7-11)16(17)18)24(19,20)14-8-10-5-6-23-9-10/h3-7,9,14H,8H2,1-2H3. The van der Waals surface area contributed by atoms with Gasteiger partial charge in [-0.2, -0.15) is 0 Å². The second-order valence-corrected chi connectivity index (χ2v) is 9.02. The lowest BCUT2D eigenvalue weighted by molar-refractivity contribution is -0.388. The van der Waals surface area contributed by atoms with Crippen molar-refractivity contribution < 1.29 is 26.2 Å². The van der Waals surface area contributed by atoms with Gasteiger partial charge in [0.1, 0.15) is 0 Å². The van der Waals surface area contributed by atoms with Crippen LogP contribution in [-0.4, -0.2) is 40.2 Å². The molecular weight excluding hydrogens is 374 g/mol. The molecule has 136 valence electrons. The van der Waals surface area contributed by atoms with E-state index in [9.17, 15) is 26.9 Å². The minimum atomic E-state index is -4.24. The molecule has 1 aromatic carbocycles. The number of sulfonamides is 2. The molecule has 0 aliphatic heterocycles. The highest BCUT2D eigenvalue weighted by Gasteiger charge is 2.29. The van der Waals surface area contributed by atoms with E-state index in [-0.39, 0.29) is 11.4 Å². The molecular formula is C13H15N3O7S2. The molecule has 10 nitrogen and oxygen atoms in total. The third-order valence-electron chi connectivity index (χ3n) is 3.24. The van der Waals surface area contributed by atoms with E-state index in [1.165, 1.54) is 32.7 Å². The van der Waals surface area contributed by atoms with Gasteiger partial charge in [0, 0.05) is 32.3 Å². The van der Waals surface area contributed by atoms with Crippen LogP contribution in [0.15, 0.2) is 51.0 Å². The highest BCUT2D eigenvalue weighted by molar-refractivity contribution is 7.90. The molecule has 0 aliphatic rings. The molecule has 1 N–H and O–H groups in total. The Morgan fingerprint density at radius 2 is 1.88 bits per heavy atom. The Kier molecular flexibility index (Phi) is 5.27. The quantitative estimate of drug-likeness (QED) is 0.548. The van der Waals surface area contributed by atoms with Crippen LogP contribution in [0.4, 0.5) is 5.69 Å². The molecule has 0 unspecified atom stereocenters. The molecule has 0 aliphatic carbocycles. The van der Waals surface area contributed by atoms with E-state index in [0.717, 1.165) is 22.5 Å². The average Bonchev–Trinajstić information content (AvgIpc) is 3.05. The van der Waals surface area contributed by atoms with E-state index in [1.54, 1.807) is 0 Å². The van der Waals surface area contributed by atoms with Crippen LogP contribution >= 0.6 is 0 Å². The largest absolute Gasteiger partial charge is 0.472 e. The third kappa shape index (κ3) is 4.04. The smallest absolute Gasteiger partial charge is 0.290 e. The highest BCUT2D eigenvalue weighted by atomic mass is 32.2. The van der Waals surface area contributed by atoms with Crippen molar-refractivity contribution in [3.05, 3.63) is 52.5 Å². The minimum Gasteiger partial charge on any atom is -0.472 e. The Morgan fingerprint density at radius 1 is 1.20 bits per heavy atom. The Hall–Kier alpha value is -2.28. The molecule has 0 radical (unpaired) electrons. The molecule has 0 bridgehead atoms. The minimum absolute atomic E-state index is 0.131. The zero-order valence-corrected chi connectivity index (χ0v) is 14.9. The van der Waals surface area contributed by atoms with Gasteiger partial charge in [0.15, 0.2) is 4.90 Å². The number of nitrogens with one attached hydrogen (secondary N) is 1. The SMILES string of the molecule is CN(C)S(=O)(=O)c1ccc(S(=O)(=O)NCc2ccoc2)c([N+](=O)[O-])c1. The number of nitro groups is 1. The first-order valence-electron chi connectivity index (χ1n) is 6.77. The second kappa shape index (κ2) is 6.92. The zero-order chi connectivity index (χ0) is 18.8. The Labute approximate surface area is 144 Å². The normalized spacial score (nSPS) is 12.4. The molecule has 0 saturated heterocycles. The van der Waals surface area contributed by atoms with Crippen molar-refractivity contribution >= 4 is 25.7 Å². The number of hydrogen-bond acceptors (Lipinski definition) is 7. The van der Waals surface area contributed by atoms with Crippen molar-refractivity contribution in [1.82, 2.24) is 9.03 Å². The van der Waals surface area contributed by atoms with Gasteiger partial charge in [-0.05, 0) is 18.2 Å². The van der Waals surface area contributed by atoms with Gasteiger partial charge in [-0.25, -0.2) is 25.9 Å². The van der Waals surface area contributed by atoms with E-state index in [1.807, 2.05) is 0 Å². The summed E-state index contributed by atoms with van der Waals surface area (Å²) in [4.78, 5) is 9.29. The van der Waals surface area contributed by atoms with Gasteiger partial charge in [0.2, 0.25) is 20.0 Å².